The second kappa shape index (κ2) is 7.98. The molecule has 0 aliphatic heterocycles. The molecule has 0 saturated carbocycles. The number of nitrogens with one attached hydrogen (secondary N) is 1. The number of hydrogen-bond donors (Lipinski definition) is 1. The van der Waals surface area contributed by atoms with Crippen molar-refractivity contribution in [2.24, 2.45) is 0 Å². The summed E-state index contributed by atoms with van der Waals surface area (Å²) < 4.78 is 19.3. The van der Waals surface area contributed by atoms with Crippen molar-refractivity contribution in [3.63, 3.8) is 0 Å². The normalized spacial score (nSPS) is 11.1. The molecule has 0 aliphatic rings. The molecule has 0 heterocycles. The monoisotopic (exact) mass is 275 g/mol. The van der Waals surface area contributed by atoms with Gasteiger partial charge in [-0.05, 0) is 36.4 Å². The Kier molecular flexibility index (Phi) is 5.96. The molecule has 20 heavy (non-hydrogen) atoms. The minimum Gasteiger partial charge on any atom is -0.380 e. The molecule has 2 rings (SSSR count). The largest absolute Gasteiger partial charge is 0.380 e. The zero-order chi connectivity index (χ0) is 14.2. The second-order valence-corrected chi connectivity index (χ2v) is 4.86. The van der Waals surface area contributed by atoms with E-state index < -0.39 is 0 Å². The van der Waals surface area contributed by atoms with Crippen molar-refractivity contribution >= 4 is 10.8 Å². The summed E-state index contributed by atoms with van der Waals surface area (Å²) >= 11 is 0. The molecule has 0 radical (unpaired) electrons. The van der Waals surface area contributed by atoms with Gasteiger partial charge in [-0.2, -0.15) is 0 Å². The molecule has 0 fully saturated rings. The van der Waals surface area contributed by atoms with Crippen molar-refractivity contribution in [2.75, 3.05) is 26.3 Å². The Labute approximate surface area is 119 Å². The molecule has 0 aromatic heterocycles. The first-order valence-electron chi connectivity index (χ1n) is 7.27. The average Bonchev–Trinajstić information content (AvgIpc) is 2.49. The van der Waals surface area contributed by atoms with Crippen LogP contribution in [0.4, 0.5) is 4.39 Å². The third-order valence-electron chi connectivity index (χ3n) is 3.33. The zero-order valence-corrected chi connectivity index (χ0v) is 12.0. The molecule has 0 amide bonds. The van der Waals surface area contributed by atoms with Crippen LogP contribution >= 0.6 is 0 Å². The van der Waals surface area contributed by atoms with E-state index in [1.807, 2.05) is 30.3 Å². The quantitative estimate of drug-likeness (QED) is 0.744. The summed E-state index contributed by atoms with van der Waals surface area (Å²) in [5.41, 5.74) is 1.14. The van der Waals surface area contributed by atoms with Crippen molar-refractivity contribution in [3.05, 3.63) is 47.8 Å². The molecular weight excluding hydrogens is 253 g/mol. The summed E-state index contributed by atoms with van der Waals surface area (Å²) in [6, 6.07) is 11.0. The van der Waals surface area contributed by atoms with Gasteiger partial charge in [-0.15, -0.1) is 0 Å². The average molecular weight is 275 g/mol. The summed E-state index contributed by atoms with van der Waals surface area (Å²) in [5, 5.41) is 4.97. The first kappa shape index (κ1) is 14.9. The van der Waals surface area contributed by atoms with Gasteiger partial charge in [0, 0.05) is 11.9 Å². The van der Waals surface area contributed by atoms with E-state index in [1.165, 1.54) is 0 Å². The Morgan fingerprint density at radius 3 is 2.60 bits per heavy atom. The molecule has 0 bridgehead atoms. The summed E-state index contributed by atoms with van der Waals surface area (Å²) in [5.74, 6) is -0.158. The molecule has 2 aromatic carbocycles. The Bertz CT molecular complexity index is 542. The van der Waals surface area contributed by atoms with Gasteiger partial charge in [0.25, 0.3) is 0 Å². The van der Waals surface area contributed by atoms with Crippen LogP contribution in [0.2, 0.25) is 0 Å². The van der Waals surface area contributed by atoms with Crippen molar-refractivity contribution in [1.29, 1.82) is 0 Å². The standard InChI is InChI=1S/C17H22FNO/c1-2-10-19-11-13-20-12-9-14-7-8-17(18)16-6-4-3-5-15(14)16/h3-8,19H,2,9-13H2,1H3. The lowest BCUT2D eigenvalue weighted by atomic mass is 10.0. The maximum atomic E-state index is 13.7. The smallest absolute Gasteiger partial charge is 0.131 e. The molecule has 1 N–H and O–H groups in total. The molecule has 0 unspecified atom stereocenters. The zero-order valence-electron chi connectivity index (χ0n) is 12.0. The Hall–Kier alpha value is -1.45. The van der Waals surface area contributed by atoms with Gasteiger partial charge >= 0.3 is 0 Å². The maximum absolute atomic E-state index is 13.7. The van der Waals surface area contributed by atoms with E-state index in [1.54, 1.807) is 6.07 Å². The van der Waals surface area contributed by atoms with Crippen molar-refractivity contribution in [2.45, 2.75) is 19.8 Å². The predicted molar refractivity (Wildman–Crippen MR) is 81.6 cm³/mol. The van der Waals surface area contributed by atoms with E-state index in [9.17, 15) is 4.39 Å². The summed E-state index contributed by atoms with van der Waals surface area (Å²) in [4.78, 5) is 0. The van der Waals surface area contributed by atoms with Crippen molar-refractivity contribution in [1.82, 2.24) is 5.32 Å². The van der Waals surface area contributed by atoms with Gasteiger partial charge in [0.15, 0.2) is 0 Å². The highest BCUT2D eigenvalue weighted by Crippen LogP contribution is 2.22. The van der Waals surface area contributed by atoms with Crippen molar-refractivity contribution < 1.29 is 9.13 Å². The van der Waals surface area contributed by atoms with Crippen LogP contribution in [0.15, 0.2) is 36.4 Å². The third-order valence-corrected chi connectivity index (χ3v) is 3.33. The molecule has 2 nitrogen and oxygen atoms in total. The molecule has 0 saturated heterocycles. The first-order chi connectivity index (χ1) is 9.83. The predicted octanol–water partition coefficient (Wildman–Crippen LogP) is 3.54. The van der Waals surface area contributed by atoms with E-state index in [4.69, 9.17) is 4.74 Å². The molecule has 3 heteroatoms. The van der Waals surface area contributed by atoms with Gasteiger partial charge < -0.3 is 10.1 Å². The summed E-state index contributed by atoms with van der Waals surface area (Å²) in [6.07, 6.45) is 1.95. The van der Waals surface area contributed by atoms with Crippen LogP contribution in [0.5, 0.6) is 0 Å². The lowest BCUT2D eigenvalue weighted by Gasteiger charge is -2.08. The molecule has 108 valence electrons. The van der Waals surface area contributed by atoms with Crippen LogP contribution in [0.25, 0.3) is 10.8 Å². The SMILES string of the molecule is CCCNCCOCCc1ccc(F)c2ccccc12. The van der Waals surface area contributed by atoms with E-state index in [0.29, 0.717) is 12.0 Å². The molecule has 0 atom stereocenters. The molecule has 2 aromatic rings. The number of benzene rings is 2. The second-order valence-electron chi connectivity index (χ2n) is 4.86. The minimum atomic E-state index is -0.158. The van der Waals surface area contributed by atoms with E-state index in [-0.39, 0.29) is 5.82 Å². The topological polar surface area (TPSA) is 21.3 Å². The van der Waals surface area contributed by atoms with E-state index >= 15 is 0 Å². The highest BCUT2D eigenvalue weighted by Gasteiger charge is 2.04. The molecule has 0 aliphatic carbocycles. The molecule has 0 spiro atoms. The molecular formula is C17H22FNO. The third kappa shape index (κ3) is 4.02. The maximum Gasteiger partial charge on any atom is 0.131 e. The Balaban J connectivity index is 1.86. The van der Waals surface area contributed by atoms with Gasteiger partial charge in [0.1, 0.15) is 5.82 Å². The van der Waals surface area contributed by atoms with Crippen molar-refractivity contribution in [3.8, 4) is 0 Å². The van der Waals surface area contributed by atoms with Crippen LogP contribution in [-0.2, 0) is 11.2 Å². The highest BCUT2D eigenvalue weighted by atomic mass is 19.1. The fourth-order valence-electron chi connectivity index (χ4n) is 2.27. The number of fused-ring (bicyclic) bond motifs is 1. The fraction of sp³-hybridized carbons (Fsp3) is 0.412. The van der Waals surface area contributed by atoms with Crippen LogP contribution in [0, 0.1) is 5.82 Å². The summed E-state index contributed by atoms with van der Waals surface area (Å²) in [6.45, 7) is 5.46. The number of rotatable bonds is 8. The van der Waals surface area contributed by atoms with Gasteiger partial charge in [0.2, 0.25) is 0 Å². The van der Waals surface area contributed by atoms with E-state index in [0.717, 1.165) is 43.5 Å². The number of hydrogen-bond acceptors (Lipinski definition) is 2. The lowest BCUT2D eigenvalue weighted by Crippen LogP contribution is -2.20. The van der Waals surface area contributed by atoms with Gasteiger partial charge in [-0.25, -0.2) is 4.39 Å². The Morgan fingerprint density at radius 2 is 1.80 bits per heavy atom. The Morgan fingerprint density at radius 1 is 1.00 bits per heavy atom. The van der Waals surface area contributed by atoms with Crippen LogP contribution < -0.4 is 5.32 Å². The van der Waals surface area contributed by atoms with Crippen LogP contribution in [0.3, 0.4) is 0 Å². The van der Waals surface area contributed by atoms with Crippen LogP contribution in [0.1, 0.15) is 18.9 Å². The lowest BCUT2D eigenvalue weighted by molar-refractivity contribution is 0.139. The first-order valence-corrected chi connectivity index (χ1v) is 7.27. The fourth-order valence-corrected chi connectivity index (χ4v) is 2.27. The van der Waals surface area contributed by atoms with E-state index in [2.05, 4.69) is 12.2 Å². The number of halogens is 1. The van der Waals surface area contributed by atoms with Crippen LogP contribution in [-0.4, -0.2) is 26.3 Å². The minimum absolute atomic E-state index is 0.158. The van der Waals surface area contributed by atoms with Gasteiger partial charge in [-0.1, -0.05) is 37.3 Å². The number of ether oxygens (including phenoxy) is 1. The summed E-state index contributed by atoms with van der Waals surface area (Å²) in [7, 11) is 0. The highest BCUT2D eigenvalue weighted by molar-refractivity contribution is 5.86. The van der Waals surface area contributed by atoms with Gasteiger partial charge in [0.05, 0.1) is 13.2 Å². The van der Waals surface area contributed by atoms with Gasteiger partial charge in [-0.3, -0.25) is 0 Å².